The van der Waals surface area contributed by atoms with Gasteiger partial charge in [0.05, 0.1) is 6.04 Å². The molecule has 0 saturated heterocycles. The van der Waals surface area contributed by atoms with Gasteiger partial charge in [-0.2, -0.15) is 0 Å². The van der Waals surface area contributed by atoms with E-state index in [0.717, 1.165) is 17.7 Å². The van der Waals surface area contributed by atoms with Crippen molar-refractivity contribution >= 4 is 11.3 Å². The molecule has 0 bridgehead atoms. The Morgan fingerprint density at radius 2 is 2.06 bits per heavy atom. The summed E-state index contributed by atoms with van der Waals surface area (Å²) in [5, 5.41) is 5.44. The molecule has 1 N–H and O–H groups in total. The summed E-state index contributed by atoms with van der Waals surface area (Å²) in [7, 11) is 0. The number of nitrogens with one attached hydrogen (secondary N) is 1. The van der Waals surface area contributed by atoms with Crippen LogP contribution in [0.15, 0.2) is 29.6 Å². The summed E-state index contributed by atoms with van der Waals surface area (Å²) in [6, 6.07) is 7.33. The molecule has 1 heterocycles. The number of rotatable bonds is 4. The lowest BCUT2D eigenvalue weighted by Crippen LogP contribution is -2.22. The van der Waals surface area contributed by atoms with Crippen molar-refractivity contribution in [2.24, 2.45) is 0 Å². The number of hydrogen-bond donors (Lipinski definition) is 1. The lowest BCUT2D eigenvalue weighted by Gasteiger charge is -2.19. The topological polar surface area (TPSA) is 12.0 Å². The van der Waals surface area contributed by atoms with E-state index in [1.54, 1.807) is 17.4 Å². The van der Waals surface area contributed by atoms with Crippen LogP contribution < -0.4 is 5.32 Å². The molecule has 0 aliphatic carbocycles. The Labute approximate surface area is 112 Å². The zero-order valence-electron chi connectivity index (χ0n) is 11.0. The summed E-state index contributed by atoms with van der Waals surface area (Å²) in [6.07, 6.45) is 0. The van der Waals surface area contributed by atoms with E-state index in [2.05, 4.69) is 23.7 Å². The minimum absolute atomic E-state index is 0.0464. The van der Waals surface area contributed by atoms with Gasteiger partial charge in [-0.05, 0) is 43.5 Å². The van der Waals surface area contributed by atoms with Crippen LogP contribution in [0.1, 0.15) is 34.5 Å². The zero-order chi connectivity index (χ0) is 13.1. The van der Waals surface area contributed by atoms with Gasteiger partial charge in [-0.1, -0.05) is 24.6 Å². The fourth-order valence-corrected chi connectivity index (χ4v) is 3.13. The van der Waals surface area contributed by atoms with Crippen LogP contribution in [0.3, 0.4) is 0 Å². The van der Waals surface area contributed by atoms with Crippen molar-refractivity contribution < 1.29 is 4.39 Å². The molecule has 0 aliphatic heterocycles. The summed E-state index contributed by atoms with van der Waals surface area (Å²) < 4.78 is 14.0. The van der Waals surface area contributed by atoms with E-state index in [1.807, 2.05) is 26.0 Å². The molecule has 0 aliphatic rings. The maximum Gasteiger partial charge on any atom is 0.128 e. The second-order valence-electron chi connectivity index (χ2n) is 4.48. The number of thiophene rings is 1. The van der Waals surface area contributed by atoms with Crippen molar-refractivity contribution in [1.29, 1.82) is 0 Å². The van der Waals surface area contributed by atoms with Crippen molar-refractivity contribution in [2.45, 2.75) is 26.8 Å². The Morgan fingerprint density at radius 3 is 2.67 bits per heavy atom. The molecule has 1 unspecified atom stereocenters. The van der Waals surface area contributed by atoms with Crippen molar-refractivity contribution in [3.05, 3.63) is 57.0 Å². The quantitative estimate of drug-likeness (QED) is 0.871. The third-order valence-electron chi connectivity index (χ3n) is 3.03. The molecule has 0 spiro atoms. The van der Waals surface area contributed by atoms with E-state index in [0.29, 0.717) is 0 Å². The third kappa shape index (κ3) is 2.62. The highest BCUT2D eigenvalue weighted by Gasteiger charge is 2.19. The van der Waals surface area contributed by atoms with Crippen LogP contribution in [-0.4, -0.2) is 6.54 Å². The van der Waals surface area contributed by atoms with Gasteiger partial charge in [-0.25, -0.2) is 4.39 Å². The third-order valence-corrected chi connectivity index (χ3v) is 4.12. The molecule has 0 amide bonds. The molecule has 96 valence electrons. The molecule has 1 atom stereocenters. The van der Waals surface area contributed by atoms with E-state index in [-0.39, 0.29) is 11.9 Å². The van der Waals surface area contributed by atoms with Crippen molar-refractivity contribution in [2.75, 3.05) is 6.54 Å². The monoisotopic (exact) mass is 263 g/mol. The van der Waals surface area contributed by atoms with Crippen molar-refractivity contribution in [1.82, 2.24) is 5.32 Å². The molecule has 18 heavy (non-hydrogen) atoms. The van der Waals surface area contributed by atoms with Gasteiger partial charge in [-0.15, -0.1) is 11.3 Å². The molecule has 3 heteroatoms. The predicted octanol–water partition coefficient (Wildman–Crippen LogP) is 4.20. The minimum atomic E-state index is -0.139. The Bertz CT molecular complexity index is 533. The Hall–Kier alpha value is -1.19. The lowest BCUT2D eigenvalue weighted by molar-refractivity contribution is 0.561. The standard InChI is InChI=1S/C15H18FNS/c1-4-17-14(15-11(3)7-8-18-15)12-9-10(2)5-6-13(12)16/h5-9,14,17H,4H2,1-3H3. The highest BCUT2D eigenvalue weighted by molar-refractivity contribution is 7.10. The van der Waals surface area contributed by atoms with Crippen LogP contribution in [0.2, 0.25) is 0 Å². The Morgan fingerprint density at radius 1 is 1.28 bits per heavy atom. The van der Waals surface area contributed by atoms with Gasteiger partial charge in [0.25, 0.3) is 0 Å². The SMILES string of the molecule is CCNC(c1cc(C)ccc1F)c1sccc1C. The average molecular weight is 263 g/mol. The molecule has 0 fully saturated rings. The second-order valence-corrected chi connectivity index (χ2v) is 5.43. The van der Waals surface area contributed by atoms with Gasteiger partial charge >= 0.3 is 0 Å². The zero-order valence-corrected chi connectivity index (χ0v) is 11.8. The van der Waals surface area contributed by atoms with Gasteiger partial charge in [0.2, 0.25) is 0 Å². The summed E-state index contributed by atoms with van der Waals surface area (Å²) in [5.41, 5.74) is 3.04. The molecular formula is C15H18FNS. The van der Waals surface area contributed by atoms with E-state index >= 15 is 0 Å². The summed E-state index contributed by atoms with van der Waals surface area (Å²) in [5.74, 6) is -0.139. The number of aryl methyl sites for hydroxylation is 2. The molecule has 1 aromatic carbocycles. The Balaban J connectivity index is 2.48. The van der Waals surface area contributed by atoms with Crippen LogP contribution in [0, 0.1) is 19.7 Å². The van der Waals surface area contributed by atoms with Crippen LogP contribution >= 0.6 is 11.3 Å². The number of halogens is 1. The van der Waals surface area contributed by atoms with Gasteiger partial charge in [0.1, 0.15) is 5.82 Å². The molecule has 2 aromatic rings. The largest absolute Gasteiger partial charge is 0.306 e. The van der Waals surface area contributed by atoms with E-state index in [1.165, 1.54) is 10.4 Å². The number of benzene rings is 1. The molecule has 1 aromatic heterocycles. The molecule has 1 nitrogen and oxygen atoms in total. The summed E-state index contributed by atoms with van der Waals surface area (Å²) in [4.78, 5) is 1.20. The van der Waals surface area contributed by atoms with E-state index < -0.39 is 0 Å². The van der Waals surface area contributed by atoms with Crippen LogP contribution in [0.5, 0.6) is 0 Å². The van der Waals surface area contributed by atoms with Gasteiger partial charge in [0.15, 0.2) is 0 Å². The first-order chi connectivity index (χ1) is 8.63. The van der Waals surface area contributed by atoms with Crippen LogP contribution in [0.25, 0.3) is 0 Å². The highest BCUT2D eigenvalue weighted by atomic mass is 32.1. The second kappa shape index (κ2) is 5.63. The maximum atomic E-state index is 14.0. The highest BCUT2D eigenvalue weighted by Crippen LogP contribution is 2.31. The van der Waals surface area contributed by atoms with Gasteiger partial charge in [0, 0.05) is 10.4 Å². The first-order valence-electron chi connectivity index (χ1n) is 6.17. The maximum absolute atomic E-state index is 14.0. The van der Waals surface area contributed by atoms with Crippen molar-refractivity contribution in [3.63, 3.8) is 0 Å². The predicted molar refractivity (Wildman–Crippen MR) is 75.7 cm³/mol. The minimum Gasteiger partial charge on any atom is -0.306 e. The number of hydrogen-bond acceptors (Lipinski definition) is 2. The van der Waals surface area contributed by atoms with Gasteiger partial charge < -0.3 is 5.32 Å². The summed E-state index contributed by atoms with van der Waals surface area (Å²) >= 11 is 1.68. The van der Waals surface area contributed by atoms with E-state index in [4.69, 9.17) is 0 Å². The smallest absolute Gasteiger partial charge is 0.128 e. The first kappa shape index (κ1) is 13.2. The van der Waals surface area contributed by atoms with Crippen LogP contribution in [-0.2, 0) is 0 Å². The lowest BCUT2D eigenvalue weighted by atomic mass is 10.0. The molecule has 0 saturated carbocycles. The Kier molecular flexibility index (Phi) is 4.15. The van der Waals surface area contributed by atoms with E-state index in [9.17, 15) is 4.39 Å². The summed E-state index contributed by atoms with van der Waals surface area (Å²) in [6.45, 7) is 6.93. The average Bonchev–Trinajstić information content (AvgIpc) is 2.76. The molecule has 2 rings (SSSR count). The fraction of sp³-hybridized carbons (Fsp3) is 0.333. The first-order valence-corrected chi connectivity index (χ1v) is 7.05. The molecular weight excluding hydrogens is 245 g/mol. The normalized spacial score (nSPS) is 12.7. The van der Waals surface area contributed by atoms with Crippen molar-refractivity contribution in [3.8, 4) is 0 Å². The van der Waals surface area contributed by atoms with Crippen LogP contribution in [0.4, 0.5) is 4.39 Å². The van der Waals surface area contributed by atoms with Gasteiger partial charge in [-0.3, -0.25) is 0 Å². The fourth-order valence-electron chi connectivity index (χ4n) is 2.11. The molecule has 0 radical (unpaired) electrons.